The van der Waals surface area contributed by atoms with Crippen LogP contribution in [0, 0.1) is 0 Å². The first-order valence-corrected chi connectivity index (χ1v) is 7.95. The van der Waals surface area contributed by atoms with Crippen LogP contribution in [-0.2, 0) is 0 Å². The molecule has 2 aliphatic heterocycles. The molecule has 6 nitrogen and oxygen atoms in total. The van der Waals surface area contributed by atoms with Crippen molar-refractivity contribution in [2.24, 2.45) is 4.99 Å². The highest BCUT2D eigenvalue weighted by Gasteiger charge is 2.33. The van der Waals surface area contributed by atoms with Gasteiger partial charge in [-0.05, 0) is 29.3 Å². The van der Waals surface area contributed by atoms with E-state index in [-0.39, 0.29) is 11.9 Å². The zero-order chi connectivity index (χ0) is 17.4. The topological polar surface area (TPSA) is 64.0 Å². The number of rotatable bonds is 3. The maximum atomic E-state index is 13.1. The van der Waals surface area contributed by atoms with Crippen LogP contribution in [0.4, 0.5) is 5.69 Å². The summed E-state index contributed by atoms with van der Waals surface area (Å²) >= 11 is 0. The maximum absolute atomic E-state index is 13.1. The lowest BCUT2D eigenvalue weighted by molar-refractivity contribution is 0.0817. The molecule has 0 radical (unpaired) electrons. The number of aromatic nitrogens is 1. The van der Waals surface area contributed by atoms with E-state index in [1.165, 1.54) is 0 Å². The molecule has 6 heteroatoms. The normalized spacial score (nSPS) is 18.3. The van der Waals surface area contributed by atoms with Gasteiger partial charge in [0, 0.05) is 37.3 Å². The average molecular weight is 335 g/mol. The monoisotopic (exact) mass is 335 g/mol. The Balaban J connectivity index is 1.75. The van der Waals surface area contributed by atoms with Gasteiger partial charge in [-0.1, -0.05) is 0 Å². The van der Waals surface area contributed by atoms with Gasteiger partial charge in [0.15, 0.2) is 11.5 Å². The molecule has 2 aromatic rings. The Morgan fingerprint density at radius 2 is 1.84 bits per heavy atom. The van der Waals surface area contributed by atoms with Crippen LogP contribution in [0.3, 0.4) is 0 Å². The molecule has 0 saturated carbocycles. The van der Waals surface area contributed by atoms with Crippen molar-refractivity contribution in [3.63, 3.8) is 0 Å². The molecular weight excluding hydrogens is 318 g/mol. The molecule has 4 rings (SSSR count). The van der Waals surface area contributed by atoms with Crippen LogP contribution in [0.25, 0.3) is 5.57 Å². The molecule has 3 heterocycles. The van der Waals surface area contributed by atoms with Crippen molar-refractivity contribution in [2.75, 3.05) is 14.2 Å². The standard InChI is InChI=1S/C19H17N3O3/c1-24-17-8-15-16(9-18(17)25-2)21-10-14-7-13(11-22(14)19(15)23)12-3-5-20-6-4-12/h3-6,8-11,14H,7H2,1-2H3/t14-/m0/s1. The van der Waals surface area contributed by atoms with Crippen LogP contribution in [-0.4, -0.2) is 42.3 Å². The van der Waals surface area contributed by atoms with E-state index in [0.29, 0.717) is 22.7 Å². The van der Waals surface area contributed by atoms with Gasteiger partial charge < -0.3 is 14.4 Å². The summed E-state index contributed by atoms with van der Waals surface area (Å²) < 4.78 is 10.6. The molecule has 126 valence electrons. The minimum absolute atomic E-state index is 0.0949. The molecule has 0 aliphatic carbocycles. The number of ether oxygens (including phenoxy) is 2. The van der Waals surface area contributed by atoms with Gasteiger partial charge in [-0.2, -0.15) is 0 Å². The van der Waals surface area contributed by atoms with E-state index >= 15 is 0 Å². The average Bonchev–Trinajstić information content (AvgIpc) is 3.05. The second-order valence-electron chi connectivity index (χ2n) is 5.88. The quantitative estimate of drug-likeness (QED) is 0.865. The lowest BCUT2D eigenvalue weighted by Gasteiger charge is -2.18. The number of nitrogens with zero attached hydrogens (tertiary/aromatic N) is 3. The minimum atomic E-state index is -0.0972. The zero-order valence-corrected chi connectivity index (χ0v) is 14.0. The fourth-order valence-corrected chi connectivity index (χ4v) is 3.18. The smallest absolute Gasteiger partial charge is 0.260 e. The highest BCUT2D eigenvalue weighted by atomic mass is 16.5. The largest absolute Gasteiger partial charge is 0.493 e. The van der Waals surface area contributed by atoms with Gasteiger partial charge in [0.2, 0.25) is 0 Å². The van der Waals surface area contributed by atoms with Crippen LogP contribution in [0.15, 0.2) is 47.9 Å². The van der Waals surface area contributed by atoms with Gasteiger partial charge in [-0.3, -0.25) is 14.8 Å². The van der Waals surface area contributed by atoms with E-state index in [1.54, 1.807) is 43.6 Å². The lowest BCUT2D eigenvalue weighted by atomic mass is 10.0. The van der Waals surface area contributed by atoms with Crippen LogP contribution in [0.2, 0.25) is 0 Å². The molecule has 0 spiro atoms. The molecule has 0 saturated heterocycles. The molecule has 0 unspecified atom stereocenters. The molecular formula is C19H17N3O3. The van der Waals surface area contributed by atoms with E-state index in [2.05, 4.69) is 9.98 Å². The Hall–Kier alpha value is -3.15. The SMILES string of the molecule is COc1cc2c(cc1OC)C(=O)N1C=C(c3ccncc3)C[C@H]1C=N2. The van der Waals surface area contributed by atoms with Gasteiger partial charge >= 0.3 is 0 Å². The molecule has 25 heavy (non-hydrogen) atoms. The molecule has 1 amide bonds. The lowest BCUT2D eigenvalue weighted by Crippen LogP contribution is -2.32. The summed E-state index contributed by atoms with van der Waals surface area (Å²) in [7, 11) is 3.11. The van der Waals surface area contributed by atoms with Crippen LogP contribution < -0.4 is 9.47 Å². The van der Waals surface area contributed by atoms with Gasteiger partial charge in [0.25, 0.3) is 5.91 Å². The van der Waals surface area contributed by atoms with Crippen LogP contribution in [0.5, 0.6) is 11.5 Å². The molecule has 0 N–H and O–H groups in total. The van der Waals surface area contributed by atoms with Crippen molar-refractivity contribution in [1.82, 2.24) is 9.88 Å². The molecule has 1 atom stereocenters. The number of carbonyl (C=O) groups is 1. The summed E-state index contributed by atoms with van der Waals surface area (Å²) in [5.74, 6) is 0.976. The Morgan fingerprint density at radius 1 is 1.12 bits per heavy atom. The van der Waals surface area contributed by atoms with Gasteiger partial charge in [-0.15, -0.1) is 0 Å². The predicted octanol–water partition coefficient (Wildman–Crippen LogP) is 3.07. The minimum Gasteiger partial charge on any atom is -0.493 e. The third-order valence-electron chi connectivity index (χ3n) is 4.48. The maximum Gasteiger partial charge on any atom is 0.260 e. The van der Waals surface area contributed by atoms with E-state index < -0.39 is 0 Å². The number of pyridine rings is 1. The third kappa shape index (κ3) is 2.55. The van der Waals surface area contributed by atoms with Crippen LogP contribution in [0.1, 0.15) is 22.3 Å². The van der Waals surface area contributed by atoms with Crippen molar-refractivity contribution in [2.45, 2.75) is 12.5 Å². The molecule has 1 aromatic heterocycles. The first-order valence-electron chi connectivity index (χ1n) is 7.95. The second kappa shape index (κ2) is 6.05. The van der Waals surface area contributed by atoms with Gasteiger partial charge in [-0.25, -0.2) is 0 Å². The number of fused-ring (bicyclic) bond motifs is 2. The summed E-state index contributed by atoms with van der Waals surface area (Å²) in [5, 5.41) is 0. The number of aliphatic imine (C=N–C) groups is 1. The van der Waals surface area contributed by atoms with Gasteiger partial charge in [0.05, 0.1) is 31.5 Å². The molecule has 1 aromatic carbocycles. The van der Waals surface area contributed by atoms with E-state index in [4.69, 9.17) is 9.47 Å². The Morgan fingerprint density at radius 3 is 2.56 bits per heavy atom. The molecule has 2 aliphatic rings. The number of benzene rings is 1. The first kappa shape index (κ1) is 15.4. The molecule has 0 fully saturated rings. The highest BCUT2D eigenvalue weighted by molar-refractivity contribution is 6.05. The summed E-state index contributed by atoms with van der Waals surface area (Å²) in [6, 6.07) is 7.22. The summed E-state index contributed by atoms with van der Waals surface area (Å²) in [4.78, 5) is 23.4. The molecule has 0 bridgehead atoms. The number of carbonyl (C=O) groups excluding carboxylic acids is 1. The van der Waals surface area contributed by atoms with Crippen molar-refractivity contribution in [3.8, 4) is 11.5 Å². The van der Waals surface area contributed by atoms with Crippen molar-refractivity contribution >= 4 is 23.4 Å². The first-order chi connectivity index (χ1) is 12.2. The Bertz CT molecular complexity index is 890. The van der Waals surface area contributed by atoms with Gasteiger partial charge in [0.1, 0.15) is 0 Å². The van der Waals surface area contributed by atoms with Crippen molar-refractivity contribution in [3.05, 3.63) is 54.0 Å². The summed E-state index contributed by atoms with van der Waals surface area (Å²) in [6.07, 6.45) is 7.95. The van der Waals surface area contributed by atoms with Crippen molar-refractivity contribution in [1.29, 1.82) is 0 Å². The Kier molecular flexibility index (Phi) is 3.72. The van der Waals surface area contributed by atoms with Crippen LogP contribution >= 0.6 is 0 Å². The summed E-state index contributed by atoms with van der Waals surface area (Å²) in [6.45, 7) is 0. The van der Waals surface area contributed by atoms with E-state index in [9.17, 15) is 4.79 Å². The highest BCUT2D eigenvalue weighted by Crippen LogP contribution is 2.39. The van der Waals surface area contributed by atoms with E-state index in [0.717, 1.165) is 17.6 Å². The third-order valence-corrected chi connectivity index (χ3v) is 4.48. The number of amides is 1. The second-order valence-corrected chi connectivity index (χ2v) is 5.88. The predicted molar refractivity (Wildman–Crippen MR) is 94.5 cm³/mol. The zero-order valence-electron chi connectivity index (χ0n) is 14.0. The number of hydrogen-bond acceptors (Lipinski definition) is 5. The Labute approximate surface area is 145 Å². The fraction of sp³-hybridized carbons (Fsp3) is 0.211. The fourth-order valence-electron chi connectivity index (χ4n) is 3.18. The van der Waals surface area contributed by atoms with E-state index in [1.807, 2.05) is 24.5 Å². The summed E-state index contributed by atoms with van der Waals surface area (Å²) in [5.41, 5.74) is 3.26. The van der Waals surface area contributed by atoms with Crippen molar-refractivity contribution < 1.29 is 14.3 Å². The number of methoxy groups -OCH3 is 2. The number of hydrogen-bond donors (Lipinski definition) is 0.